The highest BCUT2D eigenvalue weighted by Crippen LogP contribution is 2.17. The van der Waals surface area contributed by atoms with Gasteiger partial charge in [-0.3, -0.25) is 0 Å². The summed E-state index contributed by atoms with van der Waals surface area (Å²) in [4.78, 5) is 20.2. The first-order valence-electron chi connectivity index (χ1n) is 7.48. The van der Waals surface area contributed by atoms with Gasteiger partial charge in [0.25, 0.3) is 0 Å². The molecule has 0 aromatic carbocycles. The Morgan fingerprint density at radius 3 is 2.64 bits per heavy atom. The maximum Gasteiger partial charge on any atom is 0.410 e. The van der Waals surface area contributed by atoms with Crippen molar-refractivity contribution in [1.29, 1.82) is 5.26 Å². The number of amides is 1. The monoisotopic (exact) mass is 302 g/mol. The number of hydrogen-bond acceptors (Lipinski definition) is 5. The van der Waals surface area contributed by atoms with Gasteiger partial charge in [-0.1, -0.05) is 0 Å². The molecule has 1 aromatic rings. The summed E-state index contributed by atoms with van der Waals surface area (Å²) in [5.74, 6) is 0. The first-order chi connectivity index (χ1) is 10.4. The predicted molar refractivity (Wildman–Crippen MR) is 83.6 cm³/mol. The molecular formula is C16H22N4O2. The van der Waals surface area contributed by atoms with Crippen LogP contribution in [-0.4, -0.2) is 47.8 Å². The van der Waals surface area contributed by atoms with E-state index in [1.807, 2.05) is 32.9 Å². The maximum atomic E-state index is 12.1. The van der Waals surface area contributed by atoms with Crippen molar-refractivity contribution >= 4 is 11.8 Å². The lowest BCUT2D eigenvalue weighted by Gasteiger charge is -2.26. The van der Waals surface area contributed by atoms with Crippen LogP contribution in [0.1, 0.15) is 32.9 Å². The third kappa shape index (κ3) is 4.35. The van der Waals surface area contributed by atoms with Crippen molar-refractivity contribution in [2.45, 2.75) is 32.8 Å². The number of carbonyl (C=O) groups is 1. The van der Waals surface area contributed by atoms with Crippen molar-refractivity contribution in [2.24, 2.45) is 0 Å². The molecule has 1 amide bonds. The number of ether oxygens (including phenoxy) is 1. The Bertz CT molecular complexity index is 557. The second kappa shape index (κ2) is 6.65. The molecule has 1 aliphatic heterocycles. The standard InChI is InChI=1S/C16H22N4O2/c1-16(2,3)22-15(21)20-8-4-7-19(9-10-20)14-6-5-13(11-17)18-12-14/h5-6,12H,4,7-10H2,1-3H3. The molecule has 0 saturated carbocycles. The molecule has 118 valence electrons. The van der Waals surface area contributed by atoms with E-state index in [1.54, 1.807) is 17.2 Å². The molecule has 0 unspecified atom stereocenters. The molecular weight excluding hydrogens is 280 g/mol. The van der Waals surface area contributed by atoms with Gasteiger partial charge < -0.3 is 14.5 Å². The number of nitrogens with zero attached hydrogens (tertiary/aromatic N) is 4. The van der Waals surface area contributed by atoms with Gasteiger partial charge in [-0.2, -0.15) is 5.26 Å². The molecule has 1 saturated heterocycles. The summed E-state index contributed by atoms with van der Waals surface area (Å²) in [5, 5.41) is 8.79. The minimum absolute atomic E-state index is 0.257. The quantitative estimate of drug-likeness (QED) is 0.796. The van der Waals surface area contributed by atoms with Crippen LogP contribution in [0.25, 0.3) is 0 Å². The first-order valence-corrected chi connectivity index (χ1v) is 7.48. The highest BCUT2D eigenvalue weighted by molar-refractivity contribution is 5.68. The Morgan fingerprint density at radius 2 is 2.05 bits per heavy atom. The van der Waals surface area contributed by atoms with E-state index in [9.17, 15) is 4.79 Å². The Kier molecular flexibility index (Phi) is 4.86. The molecule has 6 nitrogen and oxygen atoms in total. The second-order valence-corrected chi connectivity index (χ2v) is 6.32. The van der Waals surface area contributed by atoms with E-state index in [0.29, 0.717) is 18.8 Å². The topological polar surface area (TPSA) is 69.5 Å². The molecule has 0 radical (unpaired) electrons. The third-order valence-electron chi connectivity index (χ3n) is 3.38. The van der Waals surface area contributed by atoms with Crippen molar-refractivity contribution in [3.8, 4) is 6.07 Å². The van der Waals surface area contributed by atoms with Crippen molar-refractivity contribution in [3.63, 3.8) is 0 Å². The Labute approximate surface area is 131 Å². The van der Waals surface area contributed by atoms with E-state index in [1.165, 1.54) is 0 Å². The maximum absolute atomic E-state index is 12.1. The van der Waals surface area contributed by atoms with Crippen LogP contribution in [0.5, 0.6) is 0 Å². The van der Waals surface area contributed by atoms with E-state index in [-0.39, 0.29) is 6.09 Å². The molecule has 2 rings (SSSR count). The number of rotatable bonds is 1. The molecule has 1 aromatic heterocycles. The van der Waals surface area contributed by atoms with Gasteiger partial charge in [0.05, 0.1) is 11.9 Å². The summed E-state index contributed by atoms with van der Waals surface area (Å²) in [5.41, 5.74) is 0.916. The van der Waals surface area contributed by atoms with Gasteiger partial charge >= 0.3 is 6.09 Å². The largest absolute Gasteiger partial charge is 0.444 e. The summed E-state index contributed by atoms with van der Waals surface area (Å²) in [7, 11) is 0. The molecule has 2 heterocycles. The predicted octanol–water partition coefficient (Wildman–Crippen LogP) is 2.40. The lowest BCUT2D eigenvalue weighted by molar-refractivity contribution is 0.0263. The first kappa shape index (κ1) is 16.1. The van der Waals surface area contributed by atoms with Gasteiger partial charge in [0, 0.05) is 26.2 Å². The van der Waals surface area contributed by atoms with Crippen molar-refractivity contribution in [2.75, 3.05) is 31.1 Å². The number of anilines is 1. The van der Waals surface area contributed by atoms with Crippen LogP contribution in [0.3, 0.4) is 0 Å². The summed E-state index contributed by atoms with van der Waals surface area (Å²) in [6.07, 6.45) is 2.33. The fraction of sp³-hybridized carbons (Fsp3) is 0.562. The Morgan fingerprint density at radius 1 is 1.27 bits per heavy atom. The molecule has 0 aliphatic carbocycles. The highest BCUT2D eigenvalue weighted by atomic mass is 16.6. The SMILES string of the molecule is CC(C)(C)OC(=O)N1CCCN(c2ccc(C#N)nc2)CC1. The summed E-state index contributed by atoms with van der Waals surface area (Å²) in [6, 6.07) is 5.63. The van der Waals surface area contributed by atoms with E-state index < -0.39 is 5.60 Å². The second-order valence-electron chi connectivity index (χ2n) is 6.32. The van der Waals surface area contributed by atoms with Crippen LogP contribution in [0.4, 0.5) is 10.5 Å². The molecule has 1 aliphatic rings. The zero-order chi connectivity index (χ0) is 16.2. The minimum Gasteiger partial charge on any atom is -0.444 e. The van der Waals surface area contributed by atoms with Gasteiger partial charge in [-0.05, 0) is 39.3 Å². The van der Waals surface area contributed by atoms with Gasteiger partial charge in [-0.15, -0.1) is 0 Å². The normalized spacial score (nSPS) is 15.9. The molecule has 22 heavy (non-hydrogen) atoms. The van der Waals surface area contributed by atoms with Crippen LogP contribution in [0.2, 0.25) is 0 Å². The van der Waals surface area contributed by atoms with Gasteiger partial charge in [0.15, 0.2) is 0 Å². The minimum atomic E-state index is -0.472. The highest BCUT2D eigenvalue weighted by Gasteiger charge is 2.24. The zero-order valence-corrected chi connectivity index (χ0v) is 13.4. The average Bonchev–Trinajstić information content (AvgIpc) is 2.71. The third-order valence-corrected chi connectivity index (χ3v) is 3.38. The summed E-state index contributed by atoms with van der Waals surface area (Å²) in [6.45, 7) is 8.51. The summed E-state index contributed by atoms with van der Waals surface area (Å²) >= 11 is 0. The Hall–Kier alpha value is -2.29. The van der Waals surface area contributed by atoms with E-state index in [0.717, 1.165) is 25.2 Å². The number of aromatic nitrogens is 1. The fourth-order valence-electron chi connectivity index (χ4n) is 2.32. The zero-order valence-electron chi connectivity index (χ0n) is 13.4. The molecule has 1 fully saturated rings. The smallest absolute Gasteiger partial charge is 0.410 e. The number of hydrogen-bond donors (Lipinski definition) is 0. The molecule has 0 atom stereocenters. The van der Waals surface area contributed by atoms with E-state index in [4.69, 9.17) is 10.00 Å². The van der Waals surface area contributed by atoms with Crippen LogP contribution in [0, 0.1) is 11.3 Å². The van der Waals surface area contributed by atoms with Gasteiger partial charge in [-0.25, -0.2) is 9.78 Å². The van der Waals surface area contributed by atoms with Crippen LogP contribution >= 0.6 is 0 Å². The van der Waals surface area contributed by atoms with Crippen LogP contribution < -0.4 is 4.90 Å². The van der Waals surface area contributed by atoms with Crippen molar-refractivity contribution < 1.29 is 9.53 Å². The fourth-order valence-corrected chi connectivity index (χ4v) is 2.32. The summed E-state index contributed by atoms with van der Waals surface area (Å²) < 4.78 is 5.42. The van der Waals surface area contributed by atoms with Crippen LogP contribution in [0.15, 0.2) is 18.3 Å². The van der Waals surface area contributed by atoms with Gasteiger partial charge in [0.2, 0.25) is 0 Å². The molecule has 0 bridgehead atoms. The number of carbonyl (C=O) groups excluding carboxylic acids is 1. The van der Waals surface area contributed by atoms with Gasteiger partial charge in [0.1, 0.15) is 17.4 Å². The van der Waals surface area contributed by atoms with Crippen molar-refractivity contribution in [1.82, 2.24) is 9.88 Å². The van der Waals surface area contributed by atoms with E-state index >= 15 is 0 Å². The molecule has 6 heteroatoms. The molecule has 0 N–H and O–H groups in total. The Balaban J connectivity index is 1.97. The number of nitriles is 1. The van der Waals surface area contributed by atoms with Crippen LogP contribution in [-0.2, 0) is 4.74 Å². The molecule has 0 spiro atoms. The lowest BCUT2D eigenvalue weighted by Crippen LogP contribution is -2.39. The average molecular weight is 302 g/mol. The lowest BCUT2D eigenvalue weighted by atomic mass is 10.2. The van der Waals surface area contributed by atoms with Crippen molar-refractivity contribution in [3.05, 3.63) is 24.0 Å². The number of pyridine rings is 1. The van der Waals surface area contributed by atoms with E-state index in [2.05, 4.69) is 9.88 Å².